The molecule has 1 rings (SSSR count). The fourth-order valence-corrected chi connectivity index (χ4v) is 2.90. The number of hydrogen-bond acceptors (Lipinski definition) is 5. The second kappa shape index (κ2) is 8.74. The number of hydrogen-bond donors (Lipinski definition) is 1. The van der Waals surface area contributed by atoms with E-state index in [0.717, 1.165) is 0 Å². The van der Waals surface area contributed by atoms with Gasteiger partial charge in [-0.05, 0) is 25.5 Å². The normalized spacial score (nSPS) is 11.5. The molecule has 0 unspecified atom stereocenters. The van der Waals surface area contributed by atoms with Crippen molar-refractivity contribution in [2.75, 3.05) is 19.8 Å². The van der Waals surface area contributed by atoms with Crippen molar-refractivity contribution in [2.45, 2.75) is 25.9 Å². The highest BCUT2D eigenvalue weighted by atomic mass is 32.2. The fourth-order valence-electron chi connectivity index (χ4n) is 1.74. The van der Waals surface area contributed by atoms with Crippen molar-refractivity contribution >= 4 is 10.0 Å². The average Bonchev–Trinajstić information content (AvgIpc) is 2.45. The number of nitrogens with one attached hydrogen (secondary N) is 1. The van der Waals surface area contributed by atoms with E-state index in [0.29, 0.717) is 24.3 Å². The van der Waals surface area contributed by atoms with Gasteiger partial charge < -0.3 is 9.47 Å². The molecule has 1 N–H and O–H groups in total. The predicted molar refractivity (Wildman–Crippen MR) is 78.8 cm³/mol. The Morgan fingerprint density at radius 3 is 2.43 bits per heavy atom. The summed E-state index contributed by atoms with van der Waals surface area (Å²) in [6.45, 7) is 4.53. The Kier molecular flexibility index (Phi) is 7.32. The van der Waals surface area contributed by atoms with E-state index < -0.39 is 16.3 Å². The molecule has 116 valence electrons. The van der Waals surface area contributed by atoms with Gasteiger partial charge in [-0.25, -0.2) is 13.1 Å². The molecular formula is C14H20N2O4S. The number of ether oxygens (including phenoxy) is 2. The summed E-state index contributed by atoms with van der Waals surface area (Å²) < 4.78 is 37.1. The minimum atomic E-state index is -3.56. The zero-order valence-corrected chi connectivity index (χ0v) is 13.0. The highest BCUT2D eigenvalue weighted by Gasteiger charge is 2.17. The highest BCUT2D eigenvalue weighted by Crippen LogP contribution is 2.11. The summed E-state index contributed by atoms with van der Waals surface area (Å²) in [4.78, 5) is 0. The molecule has 0 radical (unpaired) electrons. The Labute approximate surface area is 125 Å². The van der Waals surface area contributed by atoms with Crippen LogP contribution in [0.15, 0.2) is 24.3 Å². The fraction of sp³-hybridized carbons (Fsp3) is 0.500. The Morgan fingerprint density at radius 1 is 1.24 bits per heavy atom. The first-order chi connectivity index (χ1) is 10.0. The summed E-state index contributed by atoms with van der Waals surface area (Å²) in [5.41, 5.74) is 0.825. The van der Waals surface area contributed by atoms with Crippen LogP contribution in [0.2, 0.25) is 0 Å². The summed E-state index contributed by atoms with van der Waals surface area (Å²) in [5.74, 6) is -0.248. The van der Waals surface area contributed by atoms with E-state index >= 15 is 0 Å². The Bertz CT molecular complexity index is 575. The molecule has 6 nitrogen and oxygen atoms in total. The van der Waals surface area contributed by atoms with E-state index in [9.17, 15) is 8.42 Å². The van der Waals surface area contributed by atoms with Crippen LogP contribution < -0.4 is 4.72 Å². The molecule has 0 saturated heterocycles. The average molecular weight is 312 g/mol. The maximum absolute atomic E-state index is 12.0. The molecule has 0 fully saturated rings. The van der Waals surface area contributed by atoms with E-state index in [2.05, 4.69) is 4.72 Å². The van der Waals surface area contributed by atoms with Crippen LogP contribution in [-0.2, 0) is 25.2 Å². The molecule has 0 spiro atoms. The lowest BCUT2D eigenvalue weighted by Crippen LogP contribution is -2.36. The van der Waals surface area contributed by atoms with Crippen molar-refractivity contribution in [3.63, 3.8) is 0 Å². The maximum Gasteiger partial charge on any atom is 0.216 e. The van der Waals surface area contributed by atoms with Gasteiger partial charge in [0.15, 0.2) is 6.29 Å². The van der Waals surface area contributed by atoms with Gasteiger partial charge in [-0.2, -0.15) is 5.26 Å². The number of nitrogens with zero attached hydrogens (tertiary/aromatic N) is 1. The molecule has 0 atom stereocenters. The zero-order chi connectivity index (χ0) is 15.7. The SMILES string of the molecule is CCOC(CNS(=O)(=O)Cc1ccccc1C#N)OCC. The van der Waals surface area contributed by atoms with Crippen LogP contribution in [-0.4, -0.2) is 34.5 Å². The van der Waals surface area contributed by atoms with E-state index in [1.165, 1.54) is 0 Å². The van der Waals surface area contributed by atoms with Gasteiger partial charge in [0.05, 0.1) is 23.9 Å². The van der Waals surface area contributed by atoms with E-state index in [4.69, 9.17) is 14.7 Å². The van der Waals surface area contributed by atoms with Crippen LogP contribution in [0, 0.1) is 11.3 Å². The number of benzene rings is 1. The van der Waals surface area contributed by atoms with Crippen LogP contribution in [0.3, 0.4) is 0 Å². The second-order valence-electron chi connectivity index (χ2n) is 4.22. The largest absolute Gasteiger partial charge is 0.352 e. The molecule has 0 aliphatic rings. The van der Waals surface area contributed by atoms with Gasteiger partial charge in [-0.15, -0.1) is 0 Å². The molecule has 1 aromatic rings. The van der Waals surface area contributed by atoms with Gasteiger partial charge in [0.25, 0.3) is 0 Å². The van der Waals surface area contributed by atoms with Crippen molar-refractivity contribution in [2.24, 2.45) is 0 Å². The predicted octanol–water partition coefficient (Wildman–Crippen LogP) is 1.38. The van der Waals surface area contributed by atoms with Gasteiger partial charge in [0.1, 0.15) is 0 Å². The van der Waals surface area contributed by atoms with Gasteiger partial charge >= 0.3 is 0 Å². The summed E-state index contributed by atoms with van der Waals surface area (Å²) in [5, 5.41) is 8.97. The summed E-state index contributed by atoms with van der Waals surface area (Å²) in [6, 6.07) is 8.60. The quantitative estimate of drug-likeness (QED) is 0.696. The zero-order valence-electron chi connectivity index (χ0n) is 12.2. The summed E-state index contributed by atoms with van der Waals surface area (Å²) in [7, 11) is -3.56. The third-order valence-electron chi connectivity index (χ3n) is 2.66. The lowest BCUT2D eigenvalue weighted by atomic mass is 10.1. The van der Waals surface area contributed by atoms with Gasteiger partial charge in [-0.3, -0.25) is 0 Å². The molecule has 0 heterocycles. The minimum absolute atomic E-state index is 0.0404. The highest BCUT2D eigenvalue weighted by molar-refractivity contribution is 7.88. The third-order valence-corrected chi connectivity index (χ3v) is 3.96. The molecule has 1 aromatic carbocycles. The molecule has 7 heteroatoms. The Hall–Kier alpha value is -1.46. The van der Waals surface area contributed by atoms with Crippen molar-refractivity contribution in [3.8, 4) is 6.07 Å². The first-order valence-corrected chi connectivity index (χ1v) is 8.36. The second-order valence-corrected chi connectivity index (χ2v) is 6.02. The van der Waals surface area contributed by atoms with Gasteiger partial charge in [0, 0.05) is 13.2 Å². The van der Waals surface area contributed by atoms with Crippen molar-refractivity contribution in [1.82, 2.24) is 4.72 Å². The third kappa shape index (κ3) is 6.23. The van der Waals surface area contributed by atoms with E-state index in [-0.39, 0.29) is 12.3 Å². The van der Waals surface area contributed by atoms with Crippen LogP contribution in [0.25, 0.3) is 0 Å². The maximum atomic E-state index is 12.0. The summed E-state index contributed by atoms with van der Waals surface area (Å²) >= 11 is 0. The van der Waals surface area contributed by atoms with Crippen molar-refractivity contribution in [1.29, 1.82) is 5.26 Å². The first kappa shape index (κ1) is 17.6. The lowest BCUT2D eigenvalue weighted by molar-refractivity contribution is -0.130. The molecule has 21 heavy (non-hydrogen) atoms. The molecule has 0 aromatic heterocycles. The van der Waals surface area contributed by atoms with Gasteiger partial charge in [-0.1, -0.05) is 18.2 Å². The monoisotopic (exact) mass is 312 g/mol. The topological polar surface area (TPSA) is 88.4 Å². The van der Waals surface area contributed by atoms with Crippen LogP contribution in [0.1, 0.15) is 25.0 Å². The Balaban J connectivity index is 2.67. The van der Waals surface area contributed by atoms with Crippen LogP contribution in [0.5, 0.6) is 0 Å². The minimum Gasteiger partial charge on any atom is -0.352 e. The molecule has 0 saturated carbocycles. The number of rotatable bonds is 9. The lowest BCUT2D eigenvalue weighted by Gasteiger charge is -2.17. The first-order valence-electron chi connectivity index (χ1n) is 6.71. The summed E-state index contributed by atoms with van der Waals surface area (Å²) in [6.07, 6.45) is -0.610. The molecule has 0 bridgehead atoms. The van der Waals surface area contributed by atoms with E-state index in [1.54, 1.807) is 24.3 Å². The number of nitriles is 1. The molecular weight excluding hydrogens is 292 g/mol. The molecule has 0 amide bonds. The molecule has 0 aliphatic carbocycles. The van der Waals surface area contributed by atoms with Crippen LogP contribution in [0.4, 0.5) is 0 Å². The van der Waals surface area contributed by atoms with Crippen molar-refractivity contribution < 1.29 is 17.9 Å². The molecule has 0 aliphatic heterocycles. The smallest absolute Gasteiger partial charge is 0.216 e. The number of sulfonamides is 1. The Morgan fingerprint density at radius 2 is 1.86 bits per heavy atom. The standard InChI is InChI=1S/C14H20N2O4S/c1-3-19-14(20-4-2)10-16-21(17,18)11-13-8-6-5-7-12(13)9-15/h5-8,14,16H,3-4,10-11H2,1-2H3. The van der Waals surface area contributed by atoms with Crippen molar-refractivity contribution in [3.05, 3.63) is 35.4 Å². The van der Waals surface area contributed by atoms with Gasteiger partial charge in [0.2, 0.25) is 10.0 Å². The van der Waals surface area contributed by atoms with E-state index in [1.807, 2.05) is 19.9 Å². The van der Waals surface area contributed by atoms with Crippen LogP contribution >= 0.6 is 0 Å².